The van der Waals surface area contributed by atoms with Crippen LogP contribution in [0.1, 0.15) is 17.5 Å². The summed E-state index contributed by atoms with van der Waals surface area (Å²) in [6, 6.07) is 17.8. The summed E-state index contributed by atoms with van der Waals surface area (Å²) in [4.78, 5) is 14.6. The Morgan fingerprint density at radius 3 is 2.68 bits per heavy atom. The molecule has 1 heterocycles. The molecule has 0 saturated heterocycles. The zero-order valence-corrected chi connectivity index (χ0v) is 16.7. The molecule has 0 aliphatic heterocycles. The van der Waals surface area contributed by atoms with Gasteiger partial charge >= 0.3 is 0 Å². The summed E-state index contributed by atoms with van der Waals surface area (Å²) in [5.74, 6) is 0.148. The van der Waals surface area contributed by atoms with E-state index in [-0.39, 0.29) is 18.1 Å². The van der Waals surface area contributed by atoms with Gasteiger partial charge in [-0.15, -0.1) is 10.2 Å². The highest BCUT2D eigenvalue weighted by Gasteiger charge is 2.18. The van der Waals surface area contributed by atoms with Crippen LogP contribution in [0.15, 0.2) is 60.0 Å². The number of aryl methyl sites for hydroxylation is 2. The number of para-hydroxylation sites is 1. The number of hydrogen-bond acceptors (Lipinski definition) is 5. The van der Waals surface area contributed by atoms with Crippen molar-refractivity contribution in [3.05, 3.63) is 66.0 Å². The first-order chi connectivity index (χ1) is 13.6. The van der Waals surface area contributed by atoms with Gasteiger partial charge in [0.2, 0.25) is 5.91 Å². The van der Waals surface area contributed by atoms with Crippen LogP contribution in [0.3, 0.4) is 0 Å². The number of aromatic nitrogens is 3. The summed E-state index contributed by atoms with van der Waals surface area (Å²) in [5.41, 5.74) is 4.04. The fourth-order valence-electron chi connectivity index (χ4n) is 2.75. The van der Waals surface area contributed by atoms with Crippen molar-refractivity contribution in [3.8, 4) is 11.8 Å². The fourth-order valence-corrected chi connectivity index (χ4v) is 3.55. The first kappa shape index (κ1) is 19.6. The maximum atomic E-state index is 12.9. The average molecular weight is 392 g/mol. The van der Waals surface area contributed by atoms with Crippen molar-refractivity contribution in [1.82, 2.24) is 14.8 Å². The molecule has 7 heteroatoms. The SMILES string of the molecule is Cc1ccc(N(CCC#N)C(=O)CSc2nncn2-c2ccccc2)cc1C. The Hall–Kier alpha value is -3.11. The predicted molar refractivity (Wildman–Crippen MR) is 111 cm³/mol. The molecule has 1 amide bonds. The van der Waals surface area contributed by atoms with E-state index >= 15 is 0 Å². The average Bonchev–Trinajstić information content (AvgIpc) is 3.18. The second kappa shape index (κ2) is 9.20. The molecule has 142 valence electrons. The van der Waals surface area contributed by atoms with Gasteiger partial charge in [-0.25, -0.2) is 0 Å². The van der Waals surface area contributed by atoms with Crippen LogP contribution in [0, 0.1) is 25.2 Å². The van der Waals surface area contributed by atoms with Crippen LogP contribution in [0.2, 0.25) is 0 Å². The molecular formula is C21H21N5OS. The number of hydrogen-bond donors (Lipinski definition) is 0. The normalized spacial score (nSPS) is 10.5. The van der Waals surface area contributed by atoms with Crippen LogP contribution in [-0.4, -0.2) is 33.0 Å². The Balaban J connectivity index is 1.75. The molecular weight excluding hydrogens is 370 g/mol. The molecule has 0 unspecified atom stereocenters. The molecule has 0 atom stereocenters. The molecule has 0 saturated carbocycles. The van der Waals surface area contributed by atoms with Crippen LogP contribution in [-0.2, 0) is 4.79 Å². The van der Waals surface area contributed by atoms with Crippen molar-refractivity contribution < 1.29 is 4.79 Å². The molecule has 2 aromatic carbocycles. The van der Waals surface area contributed by atoms with Gasteiger partial charge in [-0.1, -0.05) is 36.0 Å². The summed E-state index contributed by atoms with van der Waals surface area (Å²) in [7, 11) is 0. The van der Waals surface area contributed by atoms with Gasteiger partial charge in [0, 0.05) is 17.9 Å². The summed E-state index contributed by atoms with van der Waals surface area (Å²) in [6.07, 6.45) is 1.92. The first-order valence-corrected chi connectivity index (χ1v) is 9.91. The van der Waals surface area contributed by atoms with E-state index in [1.165, 1.54) is 17.3 Å². The summed E-state index contributed by atoms with van der Waals surface area (Å²) in [5, 5.41) is 17.7. The van der Waals surface area contributed by atoms with Crippen LogP contribution < -0.4 is 4.90 Å². The highest BCUT2D eigenvalue weighted by molar-refractivity contribution is 7.99. The molecule has 6 nitrogen and oxygen atoms in total. The first-order valence-electron chi connectivity index (χ1n) is 8.93. The van der Waals surface area contributed by atoms with E-state index in [9.17, 15) is 4.79 Å². The van der Waals surface area contributed by atoms with E-state index in [4.69, 9.17) is 5.26 Å². The third kappa shape index (κ3) is 4.59. The molecule has 0 aliphatic carbocycles. The van der Waals surface area contributed by atoms with E-state index in [0.29, 0.717) is 11.7 Å². The summed E-state index contributed by atoms with van der Waals surface area (Å²) in [6.45, 7) is 4.42. The van der Waals surface area contributed by atoms with Crippen molar-refractivity contribution in [2.75, 3.05) is 17.2 Å². The minimum Gasteiger partial charge on any atom is -0.311 e. The third-order valence-electron chi connectivity index (χ3n) is 4.43. The lowest BCUT2D eigenvalue weighted by Crippen LogP contribution is -2.33. The Morgan fingerprint density at radius 2 is 1.96 bits per heavy atom. The maximum absolute atomic E-state index is 12.9. The second-order valence-corrected chi connectivity index (χ2v) is 7.27. The van der Waals surface area contributed by atoms with Crippen molar-refractivity contribution >= 4 is 23.4 Å². The highest BCUT2D eigenvalue weighted by Crippen LogP contribution is 2.23. The van der Waals surface area contributed by atoms with Crippen molar-refractivity contribution in [2.45, 2.75) is 25.4 Å². The Kier molecular flexibility index (Phi) is 6.45. The Morgan fingerprint density at radius 1 is 1.18 bits per heavy atom. The number of nitrogens with zero attached hydrogens (tertiary/aromatic N) is 5. The zero-order chi connectivity index (χ0) is 19.9. The van der Waals surface area contributed by atoms with E-state index in [2.05, 4.69) is 16.3 Å². The fraction of sp³-hybridized carbons (Fsp3) is 0.238. The van der Waals surface area contributed by atoms with E-state index < -0.39 is 0 Å². The molecule has 0 bridgehead atoms. The predicted octanol–water partition coefficient (Wildman–Crippen LogP) is 3.92. The van der Waals surface area contributed by atoms with Gasteiger partial charge in [-0.05, 0) is 49.2 Å². The molecule has 0 spiro atoms. The number of anilines is 1. The molecule has 3 rings (SSSR count). The van der Waals surface area contributed by atoms with Crippen LogP contribution >= 0.6 is 11.8 Å². The third-order valence-corrected chi connectivity index (χ3v) is 5.35. The standard InChI is InChI=1S/C21H21N5OS/c1-16-9-10-19(13-17(16)2)25(12-6-11-22)20(27)14-28-21-24-23-15-26(21)18-7-4-3-5-8-18/h3-5,7-10,13,15H,6,12,14H2,1-2H3. The topological polar surface area (TPSA) is 74.8 Å². The number of carbonyl (C=O) groups excluding carboxylic acids is 1. The van der Waals surface area contributed by atoms with Crippen molar-refractivity contribution in [1.29, 1.82) is 5.26 Å². The second-order valence-electron chi connectivity index (χ2n) is 6.33. The highest BCUT2D eigenvalue weighted by atomic mass is 32.2. The number of amides is 1. The zero-order valence-electron chi connectivity index (χ0n) is 15.9. The monoisotopic (exact) mass is 391 g/mol. The Bertz CT molecular complexity index is 994. The van der Waals surface area contributed by atoms with Crippen LogP contribution in [0.4, 0.5) is 5.69 Å². The molecule has 0 N–H and O–H groups in total. The van der Waals surface area contributed by atoms with Gasteiger partial charge in [0.05, 0.1) is 18.2 Å². The van der Waals surface area contributed by atoms with Gasteiger partial charge < -0.3 is 4.90 Å². The maximum Gasteiger partial charge on any atom is 0.237 e. The lowest BCUT2D eigenvalue weighted by Gasteiger charge is -2.22. The number of carbonyl (C=O) groups is 1. The molecule has 0 aliphatic rings. The van der Waals surface area contributed by atoms with Gasteiger partial charge in [0.1, 0.15) is 6.33 Å². The molecule has 28 heavy (non-hydrogen) atoms. The van der Waals surface area contributed by atoms with Gasteiger partial charge in [0.25, 0.3) is 0 Å². The Labute approximate surface area is 168 Å². The molecule has 0 fully saturated rings. The molecule has 3 aromatic rings. The van der Waals surface area contributed by atoms with Gasteiger partial charge in [-0.2, -0.15) is 5.26 Å². The molecule has 0 radical (unpaired) electrons. The minimum atomic E-state index is -0.0638. The van der Waals surface area contributed by atoms with E-state index in [1.807, 2.05) is 66.9 Å². The summed E-state index contributed by atoms with van der Waals surface area (Å²) < 4.78 is 1.85. The number of nitriles is 1. The number of thioether (sulfide) groups is 1. The van der Waals surface area contributed by atoms with E-state index in [1.54, 1.807) is 11.2 Å². The smallest absolute Gasteiger partial charge is 0.237 e. The number of rotatable bonds is 7. The van der Waals surface area contributed by atoms with Crippen molar-refractivity contribution in [3.63, 3.8) is 0 Å². The quantitative estimate of drug-likeness (QED) is 0.571. The van der Waals surface area contributed by atoms with Crippen LogP contribution in [0.25, 0.3) is 5.69 Å². The lowest BCUT2D eigenvalue weighted by molar-refractivity contribution is -0.116. The van der Waals surface area contributed by atoms with Gasteiger partial charge in [0.15, 0.2) is 5.16 Å². The largest absolute Gasteiger partial charge is 0.311 e. The van der Waals surface area contributed by atoms with Crippen LogP contribution in [0.5, 0.6) is 0 Å². The molecule has 1 aromatic heterocycles. The number of benzene rings is 2. The lowest BCUT2D eigenvalue weighted by atomic mass is 10.1. The summed E-state index contributed by atoms with van der Waals surface area (Å²) >= 11 is 1.34. The van der Waals surface area contributed by atoms with Gasteiger partial charge in [-0.3, -0.25) is 9.36 Å². The van der Waals surface area contributed by atoms with E-state index in [0.717, 1.165) is 16.9 Å². The van der Waals surface area contributed by atoms with Crippen molar-refractivity contribution in [2.24, 2.45) is 0 Å². The minimum absolute atomic E-state index is 0.0638.